The maximum absolute atomic E-state index is 12.7. The van der Waals surface area contributed by atoms with Crippen LogP contribution < -0.4 is 11.1 Å². The van der Waals surface area contributed by atoms with E-state index in [-0.39, 0.29) is 11.7 Å². The third-order valence-corrected chi connectivity index (χ3v) is 2.17. The van der Waals surface area contributed by atoms with E-state index in [1.807, 2.05) is 6.92 Å². The van der Waals surface area contributed by atoms with Gasteiger partial charge in [0.05, 0.1) is 6.04 Å². The average Bonchev–Trinajstić information content (AvgIpc) is 2.25. The highest BCUT2D eigenvalue weighted by molar-refractivity contribution is 5.93. The molecule has 1 unspecified atom stereocenters. The molecule has 0 aromatic carbocycles. The molecule has 0 aliphatic heterocycles. The molecule has 0 radical (unpaired) electrons. The minimum atomic E-state index is -0.625. The molecular weight excluding hydrogens is 209 g/mol. The molecule has 1 rings (SSSR count). The van der Waals surface area contributed by atoms with Gasteiger partial charge in [-0.1, -0.05) is 25.8 Å². The van der Waals surface area contributed by atoms with Crippen molar-refractivity contribution in [2.75, 3.05) is 5.32 Å². The highest BCUT2D eigenvalue weighted by atomic mass is 19.1. The smallest absolute Gasteiger partial charge is 0.242 e. The number of aromatic nitrogens is 1. The highest BCUT2D eigenvalue weighted by Crippen LogP contribution is 2.05. The fourth-order valence-corrected chi connectivity index (χ4v) is 1.25. The van der Waals surface area contributed by atoms with Crippen molar-refractivity contribution in [2.45, 2.75) is 32.2 Å². The molecule has 1 heterocycles. The molecule has 1 aromatic heterocycles. The van der Waals surface area contributed by atoms with Gasteiger partial charge in [-0.3, -0.25) is 4.79 Å². The number of amides is 1. The maximum atomic E-state index is 12.7. The number of anilines is 1. The zero-order valence-electron chi connectivity index (χ0n) is 9.24. The molecule has 0 bridgehead atoms. The molecule has 1 atom stereocenters. The van der Waals surface area contributed by atoms with Gasteiger partial charge in [-0.2, -0.15) is 4.39 Å². The van der Waals surface area contributed by atoms with Gasteiger partial charge in [0.1, 0.15) is 5.82 Å². The molecule has 0 spiro atoms. The molecule has 0 saturated carbocycles. The van der Waals surface area contributed by atoms with Crippen molar-refractivity contribution in [1.29, 1.82) is 0 Å². The largest absolute Gasteiger partial charge is 0.320 e. The first-order valence-corrected chi connectivity index (χ1v) is 5.32. The van der Waals surface area contributed by atoms with E-state index in [0.717, 1.165) is 12.8 Å². The standard InChI is InChI=1S/C11H16FN3O/c1-2-3-5-8(13)11(16)15-10-7-4-6-9(12)14-10/h4,6-8H,2-3,5,13H2,1H3,(H,14,15,16). The summed E-state index contributed by atoms with van der Waals surface area (Å²) in [5.41, 5.74) is 5.66. The number of nitrogens with two attached hydrogens (primary N) is 1. The Hall–Kier alpha value is -1.49. The van der Waals surface area contributed by atoms with E-state index in [9.17, 15) is 9.18 Å². The van der Waals surface area contributed by atoms with E-state index in [1.165, 1.54) is 18.2 Å². The molecule has 1 aromatic rings. The van der Waals surface area contributed by atoms with Crippen LogP contribution in [-0.4, -0.2) is 16.9 Å². The SMILES string of the molecule is CCCCC(N)C(=O)Nc1cccc(F)n1. The lowest BCUT2D eigenvalue weighted by molar-refractivity contribution is -0.117. The van der Waals surface area contributed by atoms with Gasteiger partial charge in [-0.25, -0.2) is 4.98 Å². The van der Waals surface area contributed by atoms with Gasteiger partial charge in [0.2, 0.25) is 11.9 Å². The van der Waals surface area contributed by atoms with Crippen LogP contribution in [0.2, 0.25) is 0 Å². The van der Waals surface area contributed by atoms with Gasteiger partial charge in [0.15, 0.2) is 0 Å². The first-order chi connectivity index (χ1) is 7.63. The molecule has 5 heteroatoms. The predicted octanol–water partition coefficient (Wildman–Crippen LogP) is 1.68. The summed E-state index contributed by atoms with van der Waals surface area (Å²) in [6.45, 7) is 2.03. The van der Waals surface area contributed by atoms with Crippen LogP contribution >= 0.6 is 0 Å². The Morgan fingerprint density at radius 1 is 1.62 bits per heavy atom. The minimum Gasteiger partial charge on any atom is -0.320 e. The van der Waals surface area contributed by atoms with Gasteiger partial charge < -0.3 is 11.1 Å². The van der Waals surface area contributed by atoms with Crippen LogP contribution in [0.25, 0.3) is 0 Å². The molecule has 3 N–H and O–H groups in total. The van der Waals surface area contributed by atoms with Crippen LogP contribution in [0, 0.1) is 5.95 Å². The lowest BCUT2D eigenvalue weighted by atomic mass is 10.1. The van der Waals surface area contributed by atoms with E-state index in [4.69, 9.17) is 5.73 Å². The number of carbonyl (C=O) groups excluding carboxylic acids is 1. The normalized spacial score (nSPS) is 12.2. The number of hydrogen-bond donors (Lipinski definition) is 2. The number of nitrogens with one attached hydrogen (secondary N) is 1. The molecular formula is C11H16FN3O. The zero-order valence-corrected chi connectivity index (χ0v) is 9.24. The van der Waals surface area contributed by atoms with Crippen LogP contribution in [0.1, 0.15) is 26.2 Å². The second-order valence-corrected chi connectivity index (χ2v) is 3.58. The van der Waals surface area contributed by atoms with Crippen molar-refractivity contribution < 1.29 is 9.18 Å². The van der Waals surface area contributed by atoms with Crippen LogP contribution in [-0.2, 0) is 4.79 Å². The summed E-state index contributed by atoms with van der Waals surface area (Å²) in [4.78, 5) is 15.1. The van der Waals surface area contributed by atoms with Crippen LogP contribution in [0.3, 0.4) is 0 Å². The second-order valence-electron chi connectivity index (χ2n) is 3.58. The summed E-state index contributed by atoms with van der Waals surface area (Å²) < 4.78 is 12.7. The fourth-order valence-electron chi connectivity index (χ4n) is 1.25. The van der Waals surface area contributed by atoms with E-state index in [2.05, 4.69) is 10.3 Å². The molecule has 88 valence electrons. The van der Waals surface area contributed by atoms with Gasteiger partial charge in [-0.15, -0.1) is 0 Å². The molecule has 0 aliphatic rings. The van der Waals surface area contributed by atoms with Crippen LogP contribution in [0.15, 0.2) is 18.2 Å². The Labute approximate surface area is 94.1 Å². The van der Waals surface area contributed by atoms with E-state index in [1.54, 1.807) is 0 Å². The summed E-state index contributed by atoms with van der Waals surface area (Å²) in [5.74, 6) is -0.761. The number of halogens is 1. The predicted molar refractivity (Wildman–Crippen MR) is 60.3 cm³/mol. The van der Waals surface area contributed by atoms with Gasteiger partial charge >= 0.3 is 0 Å². The first kappa shape index (κ1) is 12.6. The molecule has 16 heavy (non-hydrogen) atoms. The Morgan fingerprint density at radius 3 is 3.00 bits per heavy atom. The third-order valence-electron chi connectivity index (χ3n) is 2.17. The van der Waals surface area contributed by atoms with Crippen molar-refractivity contribution in [3.05, 3.63) is 24.1 Å². The summed E-state index contributed by atoms with van der Waals surface area (Å²) in [5, 5.41) is 2.48. The third kappa shape index (κ3) is 3.94. The molecule has 0 aliphatic carbocycles. The van der Waals surface area contributed by atoms with Gasteiger partial charge in [0.25, 0.3) is 0 Å². The van der Waals surface area contributed by atoms with Crippen LogP contribution in [0.4, 0.5) is 10.2 Å². The Bertz CT molecular complexity index is 357. The quantitative estimate of drug-likeness (QED) is 0.749. The Kier molecular flexibility index (Phi) is 4.85. The molecule has 1 amide bonds. The molecule has 0 saturated heterocycles. The van der Waals surface area contributed by atoms with E-state index >= 15 is 0 Å². The number of pyridine rings is 1. The number of rotatable bonds is 5. The van der Waals surface area contributed by atoms with Crippen molar-refractivity contribution in [1.82, 2.24) is 4.98 Å². The fraction of sp³-hybridized carbons (Fsp3) is 0.455. The summed E-state index contributed by atoms with van der Waals surface area (Å²) in [6, 6.07) is 3.65. The van der Waals surface area contributed by atoms with Crippen molar-refractivity contribution >= 4 is 11.7 Å². The lowest BCUT2D eigenvalue weighted by Crippen LogP contribution is -2.35. The number of hydrogen-bond acceptors (Lipinski definition) is 3. The number of unbranched alkanes of at least 4 members (excludes halogenated alkanes) is 1. The van der Waals surface area contributed by atoms with Crippen molar-refractivity contribution in [3.63, 3.8) is 0 Å². The van der Waals surface area contributed by atoms with Gasteiger partial charge in [-0.05, 0) is 18.6 Å². The zero-order chi connectivity index (χ0) is 12.0. The number of nitrogens with zero attached hydrogens (tertiary/aromatic N) is 1. The van der Waals surface area contributed by atoms with E-state index < -0.39 is 12.0 Å². The van der Waals surface area contributed by atoms with Crippen LogP contribution in [0.5, 0.6) is 0 Å². The summed E-state index contributed by atoms with van der Waals surface area (Å²) in [7, 11) is 0. The van der Waals surface area contributed by atoms with Crippen molar-refractivity contribution in [3.8, 4) is 0 Å². The molecule has 4 nitrogen and oxygen atoms in total. The topological polar surface area (TPSA) is 68.0 Å². The number of carbonyl (C=O) groups is 1. The average molecular weight is 225 g/mol. The highest BCUT2D eigenvalue weighted by Gasteiger charge is 2.13. The van der Waals surface area contributed by atoms with Gasteiger partial charge in [0, 0.05) is 0 Å². The first-order valence-electron chi connectivity index (χ1n) is 5.32. The summed E-state index contributed by atoms with van der Waals surface area (Å²) in [6.07, 6.45) is 2.50. The minimum absolute atomic E-state index is 0.192. The molecule has 0 fully saturated rings. The van der Waals surface area contributed by atoms with Crippen molar-refractivity contribution in [2.24, 2.45) is 5.73 Å². The summed E-state index contributed by atoms with van der Waals surface area (Å²) >= 11 is 0. The monoisotopic (exact) mass is 225 g/mol. The lowest BCUT2D eigenvalue weighted by Gasteiger charge is -2.10. The Morgan fingerprint density at radius 2 is 2.38 bits per heavy atom. The maximum Gasteiger partial charge on any atom is 0.242 e. The van der Waals surface area contributed by atoms with E-state index in [0.29, 0.717) is 6.42 Å². The Balaban J connectivity index is 2.50. The second kappa shape index (κ2) is 6.17.